The smallest absolute Gasteiger partial charge is 0.271 e. The van der Waals surface area contributed by atoms with Gasteiger partial charge in [0.1, 0.15) is 11.5 Å². The summed E-state index contributed by atoms with van der Waals surface area (Å²) in [6, 6.07) is 0.445. The molecule has 2 saturated heterocycles. The number of rotatable bonds is 3. The van der Waals surface area contributed by atoms with Crippen molar-refractivity contribution in [3.8, 4) is 0 Å². The highest BCUT2D eigenvalue weighted by molar-refractivity contribution is 5.92. The minimum absolute atomic E-state index is 0.0713. The number of carbonyl (C=O) groups excluding carboxylic acids is 1. The molecule has 0 spiro atoms. The Labute approximate surface area is 131 Å². The minimum Gasteiger partial charge on any atom is -0.379 e. The second-order valence-corrected chi connectivity index (χ2v) is 6.74. The molecule has 0 saturated carbocycles. The van der Waals surface area contributed by atoms with Gasteiger partial charge in [0.25, 0.3) is 5.91 Å². The van der Waals surface area contributed by atoms with E-state index >= 15 is 0 Å². The number of nitrogens with one attached hydrogen (secondary N) is 1. The van der Waals surface area contributed by atoms with Crippen LogP contribution < -0.4 is 0 Å². The van der Waals surface area contributed by atoms with Gasteiger partial charge in [0, 0.05) is 38.1 Å². The molecule has 1 aromatic heterocycles. The molecule has 122 valence electrons. The maximum Gasteiger partial charge on any atom is 0.271 e. The van der Waals surface area contributed by atoms with E-state index < -0.39 is 0 Å². The van der Waals surface area contributed by atoms with Crippen LogP contribution in [0.5, 0.6) is 0 Å². The normalized spacial score (nSPS) is 26.8. The molecule has 2 fully saturated rings. The van der Waals surface area contributed by atoms with Gasteiger partial charge in [0.2, 0.25) is 0 Å². The molecule has 0 bridgehead atoms. The highest BCUT2D eigenvalue weighted by Gasteiger charge is 2.37. The molecule has 2 aliphatic heterocycles. The zero-order valence-corrected chi connectivity index (χ0v) is 13.7. The van der Waals surface area contributed by atoms with Crippen LogP contribution in [0.25, 0.3) is 0 Å². The van der Waals surface area contributed by atoms with Gasteiger partial charge in [-0.2, -0.15) is 0 Å². The summed E-state index contributed by atoms with van der Waals surface area (Å²) in [5, 5.41) is 0. The molecule has 0 radical (unpaired) electrons. The van der Waals surface area contributed by atoms with E-state index in [4.69, 9.17) is 4.74 Å². The molecule has 0 aromatic carbocycles. The van der Waals surface area contributed by atoms with Crippen molar-refractivity contribution in [2.24, 2.45) is 5.92 Å². The summed E-state index contributed by atoms with van der Waals surface area (Å²) in [6.45, 7) is 11.5. The van der Waals surface area contributed by atoms with Gasteiger partial charge in [-0.25, -0.2) is 4.98 Å². The average molecular weight is 306 g/mol. The van der Waals surface area contributed by atoms with Gasteiger partial charge in [-0.05, 0) is 5.92 Å². The lowest BCUT2D eigenvalue weighted by Crippen LogP contribution is -2.47. The monoisotopic (exact) mass is 306 g/mol. The number of aromatic amines is 1. The van der Waals surface area contributed by atoms with E-state index in [2.05, 4.69) is 35.6 Å². The van der Waals surface area contributed by atoms with Crippen LogP contribution in [0.1, 0.15) is 43.0 Å². The van der Waals surface area contributed by atoms with Gasteiger partial charge >= 0.3 is 0 Å². The van der Waals surface area contributed by atoms with Crippen LogP contribution in [0, 0.1) is 5.92 Å². The van der Waals surface area contributed by atoms with E-state index in [9.17, 15) is 4.79 Å². The second-order valence-electron chi connectivity index (χ2n) is 6.74. The third kappa shape index (κ3) is 3.03. The summed E-state index contributed by atoms with van der Waals surface area (Å²) < 4.78 is 5.43. The lowest BCUT2D eigenvalue weighted by Gasteiger charge is -2.33. The van der Waals surface area contributed by atoms with Crippen molar-refractivity contribution in [3.05, 3.63) is 17.7 Å². The standard InChI is InChI=1S/C16H26N4O2/c1-11(2)15-17-8-13(18-15)16(21)20-9-12(3)14(10-20)19-4-6-22-7-5-19/h8,11-12,14H,4-7,9-10H2,1-3H3,(H,17,18)/t12-,14-/m0/s1. The Balaban J connectivity index is 1.66. The molecule has 3 rings (SSSR count). The van der Waals surface area contributed by atoms with E-state index in [-0.39, 0.29) is 5.91 Å². The van der Waals surface area contributed by atoms with E-state index in [0.717, 1.165) is 45.2 Å². The van der Waals surface area contributed by atoms with Crippen molar-refractivity contribution in [3.63, 3.8) is 0 Å². The topological polar surface area (TPSA) is 61.5 Å². The third-order valence-electron chi connectivity index (χ3n) is 4.75. The van der Waals surface area contributed by atoms with Crippen LogP contribution in [0.15, 0.2) is 6.20 Å². The lowest BCUT2D eigenvalue weighted by molar-refractivity contribution is 0.0119. The molecule has 6 nitrogen and oxygen atoms in total. The first-order valence-corrected chi connectivity index (χ1v) is 8.22. The van der Waals surface area contributed by atoms with E-state index in [1.807, 2.05) is 4.90 Å². The van der Waals surface area contributed by atoms with Gasteiger partial charge in [-0.1, -0.05) is 20.8 Å². The number of likely N-dealkylation sites (tertiary alicyclic amines) is 1. The van der Waals surface area contributed by atoms with Crippen LogP contribution in [0.2, 0.25) is 0 Å². The van der Waals surface area contributed by atoms with Crippen LogP contribution >= 0.6 is 0 Å². The first kappa shape index (κ1) is 15.5. The fourth-order valence-electron chi connectivity index (χ4n) is 3.41. The summed E-state index contributed by atoms with van der Waals surface area (Å²) in [7, 11) is 0. The average Bonchev–Trinajstić information content (AvgIpc) is 3.14. The highest BCUT2D eigenvalue weighted by atomic mass is 16.5. The summed E-state index contributed by atoms with van der Waals surface area (Å²) in [6.07, 6.45) is 1.67. The number of morpholine rings is 1. The van der Waals surface area contributed by atoms with Gasteiger partial charge in [-0.15, -0.1) is 0 Å². The largest absolute Gasteiger partial charge is 0.379 e. The van der Waals surface area contributed by atoms with Crippen molar-refractivity contribution in [2.45, 2.75) is 32.7 Å². The summed E-state index contributed by atoms with van der Waals surface area (Å²) >= 11 is 0. The lowest BCUT2D eigenvalue weighted by atomic mass is 10.0. The van der Waals surface area contributed by atoms with Gasteiger partial charge < -0.3 is 14.6 Å². The fraction of sp³-hybridized carbons (Fsp3) is 0.750. The molecule has 1 amide bonds. The second kappa shape index (κ2) is 6.38. The number of hydrogen-bond donors (Lipinski definition) is 1. The van der Waals surface area contributed by atoms with Crippen molar-refractivity contribution in [2.75, 3.05) is 39.4 Å². The zero-order valence-electron chi connectivity index (χ0n) is 13.7. The number of hydrogen-bond acceptors (Lipinski definition) is 4. The number of aromatic nitrogens is 2. The van der Waals surface area contributed by atoms with Crippen molar-refractivity contribution in [1.29, 1.82) is 0 Å². The van der Waals surface area contributed by atoms with E-state index in [1.165, 1.54) is 0 Å². The van der Waals surface area contributed by atoms with Crippen LogP contribution in [0.4, 0.5) is 0 Å². The molecule has 1 N–H and O–H groups in total. The Bertz CT molecular complexity index is 522. The molecular weight excluding hydrogens is 280 g/mol. The SMILES string of the molecule is CC(C)c1ncc(C(=O)N2C[C@H](C)[C@@H](N3CCOCC3)C2)[nH]1. The number of imidazole rings is 1. The first-order chi connectivity index (χ1) is 10.6. The quantitative estimate of drug-likeness (QED) is 0.915. The zero-order chi connectivity index (χ0) is 15.7. The van der Waals surface area contributed by atoms with Gasteiger partial charge in [-0.3, -0.25) is 9.69 Å². The molecule has 0 unspecified atom stereocenters. The van der Waals surface area contributed by atoms with E-state index in [0.29, 0.717) is 23.6 Å². The summed E-state index contributed by atoms with van der Waals surface area (Å²) in [5.74, 6) is 1.75. The molecule has 2 atom stereocenters. The predicted octanol–water partition coefficient (Wildman–Crippen LogP) is 1.33. The summed E-state index contributed by atoms with van der Waals surface area (Å²) in [5.41, 5.74) is 0.610. The fourth-order valence-corrected chi connectivity index (χ4v) is 3.41. The van der Waals surface area contributed by atoms with Crippen molar-refractivity contribution < 1.29 is 9.53 Å². The molecule has 22 heavy (non-hydrogen) atoms. The van der Waals surface area contributed by atoms with Crippen LogP contribution in [0.3, 0.4) is 0 Å². The van der Waals surface area contributed by atoms with Gasteiger partial charge in [0.15, 0.2) is 0 Å². The predicted molar refractivity (Wildman–Crippen MR) is 83.9 cm³/mol. The van der Waals surface area contributed by atoms with Crippen molar-refractivity contribution >= 4 is 5.91 Å². The molecule has 6 heteroatoms. The number of H-pyrrole nitrogens is 1. The first-order valence-electron chi connectivity index (χ1n) is 8.22. The Morgan fingerprint density at radius 1 is 1.36 bits per heavy atom. The number of nitrogens with zero attached hydrogens (tertiary/aromatic N) is 3. The Morgan fingerprint density at radius 3 is 2.73 bits per heavy atom. The Kier molecular flexibility index (Phi) is 4.49. The highest BCUT2D eigenvalue weighted by Crippen LogP contribution is 2.24. The van der Waals surface area contributed by atoms with Crippen molar-refractivity contribution in [1.82, 2.24) is 19.8 Å². The van der Waals surface area contributed by atoms with Gasteiger partial charge in [0.05, 0.1) is 19.4 Å². The minimum atomic E-state index is 0.0713. The Hall–Kier alpha value is -1.40. The number of carbonyl (C=O) groups is 1. The molecule has 0 aliphatic carbocycles. The third-order valence-corrected chi connectivity index (χ3v) is 4.75. The molecule has 3 heterocycles. The molecule has 1 aromatic rings. The van der Waals surface area contributed by atoms with Crippen LogP contribution in [-0.2, 0) is 4.74 Å². The molecule has 2 aliphatic rings. The maximum atomic E-state index is 12.7. The number of ether oxygens (including phenoxy) is 1. The Morgan fingerprint density at radius 2 is 2.09 bits per heavy atom. The number of amides is 1. The van der Waals surface area contributed by atoms with Crippen LogP contribution in [-0.4, -0.2) is 71.1 Å². The summed E-state index contributed by atoms with van der Waals surface area (Å²) in [4.78, 5) is 24.6. The molecular formula is C16H26N4O2. The van der Waals surface area contributed by atoms with E-state index in [1.54, 1.807) is 6.20 Å². The maximum absolute atomic E-state index is 12.7.